The molecular weight excluding hydrogens is 356 g/mol. The van der Waals surface area contributed by atoms with Gasteiger partial charge in [-0.25, -0.2) is 0 Å². The van der Waals surface area contributed by atoms with Gasteiger partial charge in [0.25, 0.3) is 11.6 Å². The van der Waals surface area contributed by atoms with E-state index < -0.39 is 4.92 Å². The van der Waals surface area contributed by atoms with Crippen LogP contribution in [0.1, 0.15) is 20.1 Å². The van der Waals surface area contributed by atoms with Gasteiger partial charge >= 0.3 is 0 Å². The van der Waals surface area contributed by atoms with Crippen molar-refractivity contribution >= 4 is 34.3 Å². The fraction of sp³-hybridized carbons (Fsp3) is 0.167. The van der Waals surface area contributed by atoms with E-state index in [4.69, 9.17) is 0 Å². The summed E-state index contributed by atoms with van der Waals surface area (Å²) < 4.78 is 0. The van der Waals surface area contributed by atoms with Crippen LogP contribution in [0, 0.1) is 10.1 Å². The van der Waals surface area contributed by atoms with Crippen LogP contribution in [0.25, 0.3) is 0 Å². The molecule has 128 valence electrons. The minimum absolute atomic E-state index is 0.134. The Balaban J connectivity index is 1.84. The van der Waals surface area contributed by atoms with Crippen LogP contribution in [0.15, 0.2) is 59.3 Å². The van der Waals surface area contributed by atoms with E-state index in [1.807, 2.05) is 35.0 Å². The zero-order valence-corrected chi connectivity index (χ0v) is 15.0. The van der Waals surface area contributed by atoms with Gasteiger partial charge < -0.3 is 4.90 Å². The zero-order valence-electron chi connectivity index (χ0n) is 13.3. The molecule has 5 nitrogen and oxygen atoms in total. The van der Waals surface area contributed by atoms with Crippen molar-refractivity contribution in [1.29, 1.82) is 0 Å². The van der Waals surface area contributed by atoms with Crippen LogP contribution < -0.4 is 0 Å². The molecule has 0 spiro atoms. The maximum Gasteiger partial charge on any atom is 0.282 e. The highest BCUT2D eigenvalue weighted by Crippen LogP contribution is 2.22. The van der Waals surface area contributed by atoms with Crippen molar-refractivity contribution in [3.63, 3.8) is 0 Å². The number of para-hydroxylation sites is 1. The number of nitro benzene ring substituents is 1. The molecular formula is C18H16N2O3S2. The lowest BCUT2D eigenvalue weighted by molar-refractivity contribution is -0.385. The van der Waals surface area contributed by atoms with E-state index in [9.17, 15) is 14.9 Å². The van der Waals surface area contributed by atoms with Gasteiger partial charge in [0.1, 0.15) is 5.56 Å². The van der Waals surface area contributed by atoms with Crippen molar-refractivity contribution < 1.29 is 9.72 Å². The number of carbonyl (C=O) groups excluding carboxylic acids is 1. The van der Waals surface area contributed by atoms with Crippen LogP contribution in [-0.4, -0.2) is 22.3 Å². The summed E-state index contributed by atoms with van der Waals surface area (Å²) in [6.07, 6.45) is 0.732. The number of rotatable bonds is 7. The van der Waals surface area contributed by atoms with Crippen molar-refractivity contribution in [3.05, 3.63) is 84.7 Å². The Morgan fingerprint density at radius 2 is 1.68 bits per heavy atom. The average Bonchev–Trinajstić information content (AvgIpc) is 3.31. The Labute approximate surface area is 153 Å². The normalized spacial score (nSPS) is 10.6. The Hall–Kier alpha value is -2.51. The number of benzene rings is 1. The minimum Gasteiger partial charge on any atom is -0.333 e. The zero-order chi connectivity index (χ0) is 17.6. The van der Waals surface area contributed by atoms with Crippen molar-refractivity contribution in [2.75, 3.05) is 6.54 Å². The molecule has 0 fully saturated rings. The van der Waals surface area contributed by atoms with Gasteiger partial charge in [-0.05, 0) is 35.4 Å². The molecule has 0 radical (unpaired) electrons. The van der Waals surface area contributed by atoms with E-state index >= 15 is 0 Å². The standard InChI is InChI=1S/C18H16N2O3S2/c21-18(16-7-1-2-8-17(16)20(22)23)19(13-15-6-4-12-25-15)10-9-14-5-3-11-24-14/h1-8,11-12H,9-10,13H2. The van der Waals surface area contributed by atoms with E-state index in [2.05, 4.69) is 0 Å². The summed E-state index contributed by atoms with van der Waals surface area (Å²) in [7, 11) is 0. The fourth-order valence-electron chi connectivity index (χ4n) is 2.53. The van der Waals surface area contributed by atoms with Crippen molar-refractivity contribution in [3.8, 4) is 0 Å². The van der Waals surface area contributed by atoms with Gasteiger partial charge in [-0.3, -0.25) is 14.9 Å². The second-order valence-electron chi connectivity index (χ2n) is 5.41. The molecule has 0 aliphatic rings. The van der Waals surface area contributed by atoms with Gasteiger partial charge in [-0.1, -0.05) is 24.3 Å². The van der Waals surface area contributed by atoms with Gasteiger partial charge in [-0.15, -0.1) is 22.7 Å². The van der Waals surface area contributed by atoms with Crippen LogP contribution in [-0.2, 0) is 13.0 Å². The topological polar surface area (TPSA) is 63.4 Å². The summed E-state index contributed by atoms with van der Waals surface area (Å²) in [5, 5.41) is 15.2. The Morgan fingerprint density at radius 3 is 2.32 bits per heavy atom. The Bertz CT molecular complexity index is 845. The molecule has 2 aromatic heterocycles. The Kier molecular flexibility index (Phi) is 5.57. The number of nitro groups is 1. The highest BCUT2D eigenvalue weighted by molar-refractivity contribution is 7.10. The largest absolute Gasteiger partial charge is 0.333 e. The molecule has 0 bridgehead atoms. The third-order valence-electron chi connectivity index (χ3n) is 3.75. The third-order valence-corrected chi connectivity index (χ3v) is 5.55. The monoisotopic (exact) mass is 372 g/mol. The molecule has 1 aromatic carbocycles. The SMILES string of the molecule is O=C(c1ccccc1[N+](=O)[O-])N(CCc1cccs1)Cc1cccs1. The first-order valence-corrected chi connectivity index (χ1v) is 9.48. The number of nitrogens with zero attached hydrogens (tertiary/aromatic N) is 2. The number of amides is 1. The second-order valence-corrected chi connectivity index (χ2v) is 7.47. The first kappa shape index (κ1) is 17.3. The van der Waals surface area contributed by atoms with Crippen LogP contribution in [0.3, 0.4) is 0 Å². The summed E-state index contributed by atoms with van der Waals surface area (Å²) >= 11 is 3.22. The molecule has 7 heteroatoms. The van der Waals surface area contributed by atoms with Gasteiger partial charge in [0.15, 0.2) is 0 Å². The van der Waals surface area contributed by atoms with Crippen molar-refractivity contribution in [2.45, 2.75) is 13.0 Å². The summed E-state index contributed by atoms with van der Waals surface area (Å²) in [6, 6.07) is 14.0. The van der Waals surface area contributed by atoms with Crippen LogP contribution in [0.5, 0.6) is 0 Å². The molecule has 0 aliphatic heterocycles. The molecule has 25 heavy (non-hydrogen) atoms. The molecule has 3 rings (SSSR count). The summed E-state index contributed by atoms with van der Waals surface area (Å²) in [6.45, 7) is 0.969. The third kappa shape index (κ3) is 4.32. The van der Waals surface area contributed by atoms with E-state index in [1.165, 1.54) is 17.0 Å². The lowest BCUT2D eigenvalue weighted by atomic mass is 10.1. The molecule has 0 unspecified atom stereocenters. The summed E-state index contributed by atoms with van der Waals surface area (Å²) in [5.74, 6) is -0.308. The maximum atomic E-state index is 13.0. The van der Waals surface area contributed by atoms with Gasteiger partial charge in [0, 0.05) is 22.4 Å². The molecule has 0 saturated carbocycles. The highest BCUT2D eigenvalue weighted by atomic mass is 32.1. The summed E-state index contributed by atoms with van der Waals surface area (Å²) in [4.78, 5) is 27.7. The van der Waals surface area contributed by atoms with E-state index in [0.717, 1.165) is 11.3 Å². The molecule has 3 aromatic rings. The van der Waals surface area contributed by atoms with Crippen LogP contribution in [0.4, 0.5) is 5.69 Å². The fourth-order valence-corrected chi connectivity index (χ4v) is 3.94. The number of hydrogen-bond donors (Lipinski definition) is 0. The smallest absolute Gasteiger partial charge is 0.282 e. The van der Waals surface area contributed by atoms with Crippen molar-refractivity contribution in [1.82, 2.24) is 4.90 Å². The predicted octanol–water partition coefficient (Wildman–Crippen LogP) is 4.60. The van der Waals surface area contributed by atoms with Crippen LogP contribution in [0.2, 0.25) is 0 Å². The average molecular weight is 372 g/mol. The van der Waals surface area contributed by atoms with Gasteiger partial charge in [0.2, 0.25) is 0 Å². The van der Waals surface area contributed by atoms with Crippen LogP contribution >= 0.6 is 22.7 Å². The first-order chi connectivity index (χ1) is 12.1. The number of hydrogen-bond acceptors (Lipinski definition) is 5. The van der Waals surface area contributed by atoms with Gasteiger partial charge in [-0.2, -0.15) is 0 Å². The number of thiophene rings is 2. The highest BCUT2D eigenvalue weighted by Gasteiger charge is 2.24. The van der Waals surface area contributed by atoms with E-state index in [1.54, 1.807) is 39.7 Å². The minimum atomic E-state index is -0.504. The quantitative estimate of drug-likeness (QED) is 0.450. The molecule has 0 saturated heterocycles. The second kappa shape index (κ2) is 8.04. The molecule has 2 heterocycles. The van der Waals surface area contributed by atoms with E-state index in [-0.39, 0.29) is 17.2 Å². The Morgan fingerprint density at radius 1 is 1.00 bits per heavy atom. The summed E-state index contributed by atoms with van der Waals surface area (Å²) in [5.41, 5.74) is -0.0185. The van der Waals surface area contributed by atoms with Gasteiger partial charge in [0.05, 0.1) is 11.5 Å². The molecule has 0 atom stereocenters. The lowest BCUT2D eigenvalue weighted by Gasteiger charge is -2.22. The molecule has 0 aliphatic carbocycles. The molecule has 1 amide bonds. The first-order valence-electron chi connectivity index (χ1n) is 7.72. The van der Waals surface area contributed by atoms with E-state index in [0.29, 0.717) is 13.1 Å². The predicted molar refractivity (Wildman–Crippen MR) is 100 cm³/mol. The lowest BCUT2D eigenvalue weighted by Crippen LogP contribution is -2.32. The number of carbonyl (C=O) groups is 1. The van der Waals surface area contributed by atoms with Crippen molar-refractivity contribution in [2.24, 2.45) is 0 Å². The maximum absolute atomic E-state index is 13.0. The molecule has 0 N–H and O–H groups in total.